The zero-order valence-corrected chi connectivity index (χ0v) is 14.2. The molecule has 0 atom stereocenters. The molecule has 0 saturated heterocycles. The van der Waals surface area contributed by atoms with Crippen molar-refractivity contribution in [2.24, 2.45) is 0 Å². The monoisotopic (exact) mass is 340 g/mol. The molecule has 0 amide bonds. The number of aromatic nitrogens is 1. The number of nitrogens with zero attached hydrogens (tertiary/aromatic N) is 2. The predicted octanol–water partition coefficient (Wildman–Crippen LogP) is 5.74. The lowest BCUT2D eigenvalue weighted by Crippen LogP contribution is -1.88. The van der Waals surface area contributed by atoms with Gasteiger partial charge in [-0.3, -0.25) is 0 Å². The van der Waals surface area contributed by atoms with Crippen LogP contribution < -0.4 is 4.74 Å². The molecule has 2 aromatic carbocycles. The number of nitriles is 1. The highest BCUT2D eigenvalue weighted by molar-refractivity contribution is 7.08. The fraction of sp³-hybridized carbons (Fsp3) is 0.111. The zero-order valence-electron chi connectivity index (χ0n) is 12.6. The second kappa shape index (κ2) is 6.41. The van der Waals surface area contributed by atoms with Crippen LogP contribution >= 0.6 is 23.1 Å². The Bertz CT molecular complexity index is 894. The molecule has 0 N–H and O–H groups in total. The van der Waals surface area contributed by atoms with Gasteiger partial charge >= 0.3 is 0 Å². The lowest BCUT2D eigenvalue weighted by atomic mass is 10.1. The van der Waals surface area contributed by atoms with Crippen LogP contribution in [0.2, 0.25) is 5.02 Å². The second-order valence-electron chi connectivity index (χ2n) is 5.21. The first kappa shape index (κ1) is 15.5. The Kier molecular flexibility index (Phi) is 4.33. The van der Waals surface area contributed by atoms with Crippen LogP contribution in [0, 0.1) is 25.2 Å². The smallest absolute Gasteiger partial charge is 0.218 e. The highest BCUT2D eigenvalue weighted by Gasteiger charge is 2.18. The van der Waals surface area contributed by atoms with Crippen LogP contribution in [-0.4, -0.2) is 4.37 Å². The summed E-state index contributed by atoms with van der Waals surface area (Å²) in [7, 11) is 0. The van der Waals surface area contributed by atoms with Gasteiger partial charge in [0.25, 0.3) is 0 Å². The molecule has 23 heavy (non-hydrogen) atoms. The maximum absolute atomic E-state index is 9.51. The molecule has 114 valence electrons. The Hall–Kier alpha value is -2.35. The summed E-state index contributed by atoms with van der Waals surface area (Å²) < 4.78 is 10.2. The summed E-state index contributed by atoms with van der Waals surface area (Å²) in [5.41, 5.74) is 4.15. The van der Waals surface area contributed by atoms with Gasteiger partial charge in [0, 0.05) is 17.1 Å². The molecule has 0 spiro atoms. The van der Waals surface area contributed by atoms with Gasteiger partial charge in [-0.25, -0.2) is 0 Å². The van der Waals surface area contributed by atoms with Gasteiger partial charge in [0.1, 0.15) is 23.1 Å². The first-order chi connectivity index (χ1) is 11.1. The minimum Gasteiger partial charge on any atom is -0.442 e. The summed E-state index contributed by atoms with van der Waals surface area (Å²) in [6, 6.07) is 15.6. The van der Waals surface area contributed by atoms with Crippen molar-refractivity contribution in [3.05, 3.63) is 64.2 Å². The maximum Gasteiger partial charge on any atom is 0.218 e. The molecule has 0 saturated carbocycles. The summed E-state index contributed by atoms with van der Waals surface area (Å²) >= 11 is 7.31. The standard InChI is InChI=1S/C18H13ClN2OS/c1-11-3-6-13(7-4-11)17-14(10-20)18(23-21-17)22-16-9-12(2)5-8-15(16)19/h3-9H,1-2H3. The van der Waals surface area contributed by atoms with Crippen LogP contribution in [0.4, 0.5) is 0 Å². The van der Waals surface area contributed by atoms with E-state index in [4.69, 9.17) is 16.3 Å². The van der Waals surface area contributed by atoms with E-state index in [1.165, 1.54) is 0 Å². The molecule has 3 nitrogen and oxygen atoms in total. The molecule has 0 radical (unpaired) electrons. The normalized spacial score (nSPS) is 10.3. The highest BCUT2D eigenvalue weighted by Crippen LogP contribution is 2.38. The van der Waals surface area contributed by atoms with Crippen LogP contribution in [0.3, 0.4) is 0 Å². The SMILES string of the molecule is Cc1ccc(-c2nsc(Oc3cc(C)ccc3Cl)c2C#N)cc1. The number of aryl methyl sites for hydroxylation is 2. The van der Waals surface area contributed by atoms with E-state index in [1.54, 1.807) is 6.07 Å². The molecule has 0 aliphatic carbocycles. The molecule has 3 rings (SSSR count). The first-order valence-corrected chi connectivity index (χ1v) is 8.14. The average molecular weight is 341 g/mol. The topological polar surface area (TPSA) is 45.9 Å². The van der Waals surface area contributed by atoms with E-state index in [2.05, 4.69) is 10.4 Å². The Labute approximate surface area is 143 Å². The zero-order chi connectivity index (χ0) is 16.4. The molecular formula is C18H13ClN2OS. The van der Waals surface area contributed by atoms with Crippen molar-refractivity contribution < 1.29 is 4.74 Å². The highest BCUT2D eigenvalue weighted by atomic mass is 35.5. The van der Waals surface area contributed by atoms with Gasteiger partial charge in [-0.2, -0.15) is 9.64 Å². The fourth-order valence-corrected chi connectivity index (χ4v) is 3.03. The van der Waals surface area contributed by atoms with E-state index in [1.807, 2.05) is 50.2 Å². The summed E-state index contributed by atoms with van der Waals surface area (Å²) in [6.45, 7) is 3.98. The van der Waals surface area contributed by atoms with Crippen molar-refractivity contribution in [2.75, 3.05) is 0 Å². The van der Waals surface area contributed by atoms with Crippen LogP contribution in [0.15, 0.2) is 42.5 Å². The Balaban J connectivity index is 2.00. The Morgan fingerprint density at radius 2 is 1.78 bits per heavy atom. The molecular weight excluding hydrogens is 328 g/mol. The van der Waals surface area contributed by atoms with Gasteiger partial charge in [0.2, 0.25) is 5.06 Å². The molecule has 5 heteroatoms. The third-order valence-electron chi connectivity index (χ3n) is 3.39. The van der Waals surface area contributed by atoms with E-state index in [-0.39, 0.29) is 0 Å². The van der Waals surface area contributed by atoms with Crippen LogP contribution in [0.25, 0.3) is 11.3 Å². The number of halogens is 1. The minimum absolute atomic E-state index is 0.427. The summed E-state index contributed by atoms with van der Waals surface area (Å²) in [6.07, 6.45) is 0. The number of benzene rings is 2. The van der Waals surface area contributed by atoms with Gasteiger partial charge in [-0.05, 0) is 31.5 Å². The summed E-state index contributed by atoms with van der Waals surface area (Å²) in [4.78, 5) is 0. The van der Waals surface area contributed by atoms with E-state index >= 15 is 0 Å². The van der Waals surface area contributed by atoms with Gasteiger partial charge in [0.15, 0.2) is 0 Å². The molecule has 0 unspecified atom stereocenters. The fourth-order valence-electron chi connectivity index (χ4n) is 2.14. The van der Waals surface area contributed by atoms with Gasteiger partial charge in [-0.1, -0.05) is 47.5 Å². The third-order valence-corrected chi connectivity index (χ3v) is 4.43. The number of hydrogen-bond acceptors (Lipinski definition) is 4. The van der Waals surface area contributed by atoms with Crippen LogP contribution in [0.1, 0.15) is 16.7 Å². The van der Waals surface area contributed by atoms with Crippen molar-refractivity contribution in [2.45, 2.75) is 13.8 Å². The van der Waals surface area contributed by atoms with Crippen LogP contribution in [0.5, 0.6) is 10.8 Å². The summed E-state index contributed by atoms with van der Waals surface area (Å²) in [5, 5.41) is 10.5. The lowest BCUT2D eigenvalue weighted by molar-refractivity contribution is 0.495. The quantitative estimate of drug-likeness (QED) is 0.610. The van der Waals surface area contributed by atoms with E-state index in [0.29, 0.717) is 27.1 Å². The predicted molar refractivity (Wildman–Crippen MR) is 93.3 cm³/mol. The molecule has 0 aliphatic heterocycles. The van der Waals surface area contributed by atoms with E-state index in [9.17, 15) is 5.26 Å². The molecule has 3 aromatic rings. The van der Waals surface area contributed by atoms with Crippen molar-refractivity contribution >= 4 is 23.1 Å². The average Bonchev–Trinajstić information content (AvgIpc) is 2.94. The molecule has 0 aliphatic rings. The first-order valence-electron chi connectivity index (χ1n) is 6.99. The minimum atomic E-state index is 0.427. The molecule has 1 heterocycles. The Morgan fingerprint density at radius 3 is 2.48 bits per heavy atom. The number of ether oxygens (including phenoxy) is 1. The van der Waals surface area contributed by atoms with Crippen molar-refractivity contribution in [1.82, 2.24) is 4.37 Å². The largest absolute Gasteiger partial charge is 0.442 e. The Morgan fingerprint density at radius 1 is 1.09 bits per heavy atom. The molecule has 0 bridgehead atoms. The van der Waals surface area contributed by atoms with Crippen molar-refractivity contribution in [1.29, 1.82) is 5.26 Å². The van der Waals surface area contributed by atoms with Gasteiger partial charge in [0.05, 0.1) is 5.02 Å². The lowest BCUT2D eigenvalue weighted by Gasteiger charge is -2.06. The summed E-state index contributed by atoms with van der Waals surface area (Å²) in [5.74, 6) is 0.530. The maximum atomic E-state index is 9.51. The van der Waals surface area contributed by atoms with Gasteiger partial charge < -0.3 is 4.74 Å². The van der Waals surface area contributed by atoms with E-state index < -0.39 is 0 Å². The number of rotatable bonds is 3. The molecule has 0 fully saturated rings. The number of hydrogen-bond donors (Lipinski definition) is 0. The second-order valence-corrected chi connectivity index (χ2v) is 6.35. The third kappa shape index (κ3) is 3.21. The van der Waals surface area contributed by atoms with E-state index in [0.717, 1.165) is 28.2 Å². The van der Waals surface area contributed by atoms with Crippen LogP contribution in [-0.2, 0) is 0 Å². The van der Waals surface area contributed by atoms with Gasteiger partial charge in [-0.15, -0.1) is 0 Å². The molecule has 1 aromatic heterocycles. The van der Waals surface area contributed by atoms with Crippen molar-refractivity contribution in [3.63, 3.8) is 0 Å². The van der Waals surface area contributed by atoms with Crippen molar-refractivity contribution in [3.8, 4) is 28.1 Å².